The van der Waals surface area contributed by atoms with Gasteiger partial charge in [0.05, 0.1) is 0 Å². The first-order valence-electron chi connectivity index (χ1n) is 7.21. The van der Waals surface area contributed by atoms with Gasteiger partial charge in [-0.05, 0) is 60.2 Å². The number of aromatic nitrogens is 1. The van der Waals surface area contributed by atoms with E-state index in [2.05, 4.69) is 22.4 Å². The van der Waals surface area contributed by atoms with Crippen molar-refractivity contribution in [1.82, 2.24) is 10.3 Å². The van der Waals surface area contributed by atoms with Crippen LogP contribution in [0.25, 0.3) is 0 Å². The highest BCUT2D eigenvalue weighted by molar-refractivity contribution is 5.77. The van der Waals surface area contributed by atoms with E-state index in [0.717, 1.165) is 24.2 Å². The standard InChI is InChI=1S/C17H18N2O2/c20-17(19-11-13-6-8-18-9-7-13)12-21-16-5-4-14-2-1-3-15(14)10-16/h4-10H,1-3,11-12H2,(H,19,20). The minimum atomic E-state index is -0.118. The second-order valence-corrected chi connectivity index (χ2v) is 5.20. The smallest absolute Gasteiger partial charge is 0.258 e. The van der Waals surface area contributed by atoms with Crippen LogP contribution in [0.4, 0.5) is 0 Å². The Morgan fingerprint density at radius 3 is 2.81 bits per heavy atom. The zero-order valence-corrected chi connectivity index (χ0v) is 11.8. The molecule has 0 fully saturated rings. The van der Waals surface area contributed by atoms with Gasteiger partial charge < -0.3 is 10.1 Å². The van der Waals surface area contributed by atoms with Crippen LogP contribution >= 0.6 is 0 Å². The largest absolute Gasteiger partial charge is 0.484 e. The van der Waals surface area contributed by atoms with E-state index in [-0.39, 0.29) is 12.5 Å². The Kier molecular flexibility index (Phi) is 4.15. The molecule has 1 heterocycles. The summed E-state index contributed by atoms with van der Waals surface area (Å²) < 4.78 is 5.56. The van der Waals surface area contributed by atoms with Crippen LogP contribution in [0.15, 0.2) is 42.7 Å². The second-order valence-electron chi connectivity index (χ2n) is 5.20. The average molecular weight is 282 g/mol. The number of carbonyl (C=O) groups excluding carboxylic acids is 1. The summed E-state index contributed by atoms with van der Waals surface area (Å²) in [7, 11) is 0. The first kappa shape index (κ1) is 13.6. The van der Waals surface area contributed by atoms with Crippen LogP contribution in [0, 0.1) is 0 Å². The van der Waals surface area contributed by atoms with Crippen LogP contribution in [0.1, 0.15) is 23.1 Å². The van der Waals surface area contributed by atoms with E-state index < -0.39 is 0 Å². The van der Waals surface area contributed by atoms with Gasteiger partial charge in [0.25, 0.3) is 5.91 Å². The molecule has 0 bridgehead atoms. The maximum Gasteiger partial charge on any atom is 0.258 e. The monoisotopic (exact) mass is 282 g/mol. The highest BCUT2D eigenvalue weighted by Crippen LogP contribution is 2.25. The van der Waals surface area contributed by atoms with E-state index >= 15 is 0 Å². The normalized spacial score (nSPS) is 12.8. The highest BCUT2D eigenvalue weighted by Gasteiger charge is 2.11. The van der Waals surface area contributed by atoms with Gasteiger partial charge in [-0.15, -0.1) is 0 Å². The lowest BCUT2D eigenvalue weighted by Gasteiger charge is -2.09. The van der Waals surface area contributed by atoms with Gasteiger partial charge in [0, 0.05) is 18.9 Å². The Morgan fingerprint density at radius 2 is 1.95 bits per heavy atom. The Labute approximate surface area is 124 Å². The Bertz CT molecular complexity index is 626. The van der Waals surface area contributed by atoms with E-state index in [9.17, 15) is 4.79 Å². The fourth-order valence-corrected chi connectivity index (χ4v) is 2.54. The zero-order chi connectivity index (χ0) is 14.5. The molecule has 0 atom stereocenters. The zero-order valence-electron chi connectivity index (χ0n) is 11.8. The molecular formula is C17H18N2O2. The van der Waals surface area contributed by atoms with Crippen molar-refractivity contribution < 1.29 is 9.53 Å². The molecule has 0 saturated carbocycles. The third kappa shape index (κ3) is 3.60. The predicted molar refractivity (Wildman–Crippen MR) is 80.0 cm³/mol. The lowest BCUT2D eigenvalue weighted by atomic mass is 10.1. The number of amides is 1. The number of fused-ring (bicyclic) bond motifs is 1. The number of carbonyl (C=O) groups is 1. The summed E-state index contributed by atoms with van der Waals surface area (Å²) in [5.74, 6) is 0.655. The van der Waals surface area contributed by atoms with Gasteiger partial charge in [0.15, 0.2) is 6.61 Å². The van der Waals surface area contributed by atoms with Gasteiger partial charge in [-0.25, -0.2) is 0 Å². The van der Waals surface area contributed by atoms with Crippen molar-refractivity contribution in [1.29, 1.82) is 0 Å². The van der Waals surface area contributed by atoms with Gasteiger partial charge in [-0.3, -0.25) is 9.78 Å². The summed E-state index contributed by atoms with van der Waals surface area (Å²) >= 11 is 0. The lowest BCUT2D eigenvalue weighted by Crippen LogP contribution is -2.28. The SMILES string of the molecule is O=C(COc1ccc2c(c1)CCC2)NCc1ccncc1. The molecule has 1 aromatic carbocycles. The van der Waals surface area contributed by atoms with Crippen LogP contribution < -0.4 is 10.1 Å². The van der Waals surface area contributed by atoms with E-state index in [1.165, 1.54) is 17.5 Å². The van der Waals surface area contributed by atoms with E-state index in [0.29, 0.717) is 6.54 Å². The predicted octanol–water partition coefficient (Wildman–Crippen LogP) is 2.27. The molecule has 2 aromatic rings. The molecule has 1 aliphatic carbocycles. The van der Waals surface area contributed by atoms with Gasteiger partial charge in [-0.1, -0.05) is 6.07 Å². The molecule has 21 heavy (non-hydrogen) atoms. The molecule has 4 heteroatoms. The molecule has 108 valence electrons. The highest BCUT2D eigenvalue weighted by atomic mass is 16.5. The molecule has 0 spiro atoms. The van der Waals surface area contributed by atoms with Crippen molar-refractivity contribution in [3.05, 3.63) is 59.4 Å². The van der Waals surface area contributed by atoms with Crippen molar-refractivity contribution in [2.75, 3.05) is 6.61 Å². The molecule has 0 radical (unpaired) electrons. The maximum absolute atomic E-state index is 11.8. The molecule has 1 amide bonds. The number of benzene rings is 1. The fourth-order valence-electron chi connectivity index (χ4n) is 2.54. The van der Waals surface area contributed by atoms with Gasteiger partial charge in [0.2, 0.25) is 0 Å². The Morgan fingerprint density at radius 1 is 1.14 bits per heavy atom. The summed E-state index contributed by atoms with van der Waals surface area (Å²) in [6, 6.07) is 9.86. The number of nitrogens with one attached hydrogen (secondary N) is 1. The molecule has 0 saturated heterocycles. The van der Waals surface area contributed by atoms with Crippen LogP contribution in [-0.4, -0.2) is 17.5 Å². The summed E-state index contributed by atoms with van der Waals surface area (Å²) in [4.78, 5) is 15.7. The van der Waals surface area contributed by atoms with E-state index in [4.69, 9.17) is 4.74 Å². The molecule has 1 N–H and O–H groups in total. The maximum atomic E-state index is 11.8. The van der Waals surface area contributed by atoms with Crippen molar-refractivity contribution in [2.45, 2.75) is 25.8 Å². The number of rotatable bonds is 5. The molecular weight excluding hydrogens is 264 g/mol. The Balaban J connectivity index is 1.47. The van der Waals surface area contributed by atoms with Crippen molar-refractivity contribution >= 4 is 5.91 Å². The number of nitrogens with zero attached hydrogens (tertiary/aromatic N) is 1. The fraction of sp³-hybridized carbons (Fsp3) is 0.294. The third-order valence-electron chi connectivity index (χ3n) is 3.68. The van der Waals surface area contributed by atoms with Gasteiger partial charge in [-0.2, -0.15) is 0 Å². The first-order valence-corrected chi connectivity index (χ1v) is 7.21. The quantitative estimate of drug-likeness (QED) is 0.915. The molecule has 0 aliphatic heterocycles. The molecule has 3 rings (SSSR count). The van der Waals surface area contributed by atoms with E-state index in [1.807, 2.05) is 18.2 Å². The average Bonchev–Trinajstić information content (AvgIpc) is 2.99. The molecule has 1 aliphatic rings. The number of hydrogen-bond acceptors (Lipinski definition) is 3. The summed E-state index contributed by atoms with van der Waals surface area (Å²) in [6.45, 7) is 0.540. The Hall–Kier alpha value is -2.36. The summed E-state index contributed by atoms with van der Waals surface area (Å²) in [6.07, 6.45) is 6.90. The number of pyridine rings is 1. The minimum Gasteiger partial charge on any atom is -0.484 e. The third-order valence-corrected chi connectivity index (χ3v) is 3.68. The van der Waals surface area contributed by atoms with E-state index in [1.54, 1.807) is 12.4 Å². The van der Waals surface area contributed by atoms with Crippen molar-refractivity contribution in [2.24, 2.45) is 0 Å². The van der Waals surface area contributed by atoms with Gasteiger partial charge >= 0.3 is 0 Å². The van der Waals surface area contributed by atoms with Crippen molar-refractivity contribution in [3.63, 3.8) is 0 Å². The van der Waals surface area contributed by atoms with Crippen LogP contribution in [0.2, 0.25) is 0 Å². The second kappa shape index (κ2) is 6.39. The minimum absolute atomic E-state index is 0.0455. The first-order chi connectivity index (χ1) is 10.3. The molecule has 1 aromatic heterocycles. The van der Waals surface area contributed by atoms with Crippen LogP contribution in [0.3, 0.4) is 0 Å². The molecule has 4 nitrogen and oxygen atoms in total. The van der Waals surface area contributed by atoms with Crippen LogP contribution in [0.5, 0.6) is 5.75 Å². The van der Waals surface area contributed by atoms with Gasteiger partial charge in [0.1, 0.15) is 5.75 Å². The topological polar surface area (TPSA) is 51.2 Å². The number of ether oxygens (including phenoxy) is 1. The number of aryl methyl sites for hydroxylation is 2. The van der Waals surface area contributed by atoms with Crippen LogP contribution in [-0.2, 0) is 24.2 Å². The number of hydrogen-bond donors (Lipinski definition) is 1. The van der Waals surface area contributed by atoms with Crippen molar-refractivity contribution in [3.8, 4) is 5.75 Å². The summed E-state index contributed by atoms with van der Waals surface area (Å²) in [5.41, 5.74) is 3.78. The molecule has 0 unspecified atom stereocenters. The summed E-state index contributed by atoms with van der Waals surface area (Å²) in [5, 5.41) is 2.83. The lowest BCUT2D eigenvalue weighted by molar-refractivity contribution is -0.123.